The molecule has 1 aromatic rings. The fourth-order valence-electron chi connectivity index (χ4n) is 3.58. The monoisotopic (exact) mass is 352 g/mol. The summed E-state index contributed by atoms with van der Waals surface area (Å²) in [6.07, 6.45) is 4.99. The topological polar surface area (TPSA) is 26.7 Å². The molecule has 0 saturated carbocycles. The molecule has 1 unspecified atom stereocenters. The van der Waals surface area contributed by atoms with Gasteiger partial charge in [0, 0.05) is 23.6 Å². The molecule has 1 aromatic carbocycles. The highest BCUT2D eigenvalue weighted by Gasteiger charge is 2.29. The zero-order chi connectivity index (χ0) is 14.8. The van der Waals surface area contributed by atoms with Gasteiger partial charge in [0.1, 0.15) is 0 Å². The van der Waals surface area contributed by atoms with Gasteiger partial charge in [-0.15, -0.1) is 0 Å². The first kappa shape index (κ1) is 15.3. The highest BCUT2D eigenvalue weighted by molar-refractivity contribution is 9.10. The summed E-state index contributed by atoms with van der Waals surface area (Å²) in [5.41, 5.74) is 2.23. The van der Waals surface area contributed by atoms with E-state index in [-0.39, 0.29) is 0 Å². The van der Waals surface area contributed by atoms with Crippen molar-refractivity contribution in [2.75, 3.05) is 31.1 Å². The van der Waals surface area contributed by atoms with Crippen LogP contribution < -0.4 is 4.90 Å². The standard InChI is InChI=1S/C17H25BrN2O/c1-13(21)14-5-6-17(16(18)11-14)20-10-7-15(12-20)19-8-3-2-4-9-19/h5-6,11,13,15,21H,2-4,7-10,12H2,1H3/t13-,15?/m0/s1. The van der Waals surface area contributed by atoms with Gasteiger partial charge in [0.2, 0.25) is 0 Å². The largest absolute Gasteiger partial charge is 0.389 e. The Labute approximate surface area is 136 Å². The van der Waals surface area contributed by atoms with Gasteiger partial charge in [-0.25, -0.2) is 0 Å². The van der Waals surface area contributed by atoms with Gasteiger partial charge >= 0.3 is 0 Å². The SMILES string of the molecule is C[C@H](O)c1ccc(N2CCC(N3CCCCC3)C2)c(Br)c1. The van der Waals surface area contributed by atoms with E-state index in [0.29, 0.717) is 6.04 Å². The Balaban J connectivity index is 1.68. The lowest BCUT2D eigenvalue weighted by Gasteiger charge is -2.32. The summed E-state index contributed by atoms with van der Waals surface area (Å²) < 4.78 is 1.10. The number of aliphatic hydroxyl groups is 1. The smallest absolute Gasteiger partial charge is 0.0762 e. The van der Waals surface area contributed by atoms with Crippen molar-refractivity contribution in [3.63, 3.8) is 0 Å². The Hall–Kier alpha value is -0.580. The average molecular weight is 353 g/mol. The number of aliphatic hydroxyl groups excluding tert-OH is 1. The van der Waals surface area contributed by atoms with Crippen molar-refractivity contribution in [2.45, 2.75) is 44.8 Å². The number of anilines is 1. The van der Waals surface area contributed by atoms with Crippen LogP contribution in [-0.2, 0) is 0 Å². The molecule has 116 valence electrons. The zero-order valence-corrected chi connectivity index (χ0v) is 14.3. The van der Waals surface area contributed by atoms with E-state index in [2.05, 4.69) is 31.8 Å². The molecule has 2 aliphatic heterocycles. The fraction of sp³-hybridized carbons (Fsp3) is 0.647. The molecule has 21 heavy (non-hydrogen) atoms. The molecule has 0 spiro atoms. The van der Waals surface area contributed by atoms with Gasteiger partial charge in [0.15, 0.2) is 0 Å². The summed E-state index contributed by atoms with van der Waals surface area (Å²) in [4.78, 5) is 5.16. The third kappa shape index (κ3) is 3.43. The Morgan fingerprint density at radius 2 is 1.95 bits per heavy atom. The molecule has 3 rings (SSSR count). The van der Waals surface area contributed by atoms with Crippen LogP contribution in [0.25, 0.3) is 0 Å². The van der Waals surface area contributed by atoms with Crippen LogP contribution in [0.3, 0.4) is 0 Å². The fourth-order valence-corrected chi connectivity index (χ4v) is 4.23. The van der Waals surface area contributed by atoms with Crippen LogP contribution in [-0.4, -0.2) is 42.2 Å². The Bertz CT molecular complexity index is 486. The quantitative estimate of drug-likeness (QED) is 0.900. The van der Waals surface area contributed by atoms with Gasteiger partial charge in [-0.2, -0.15) is 0 Å². The van der Waals surface area contributed by atoms with Gasteiger partial charge in [-0.05, 0) is 72.9 Å². The van der Waals surface area contributed by atoms with Crippen LogP contribution in [0.2, 0.25) is 0 Å². The van der Waals surface area contributed by atoms with Crippen molar-refractivity contribution >= 4 is 21.6 Å². The predicted octanol–water partition coefficient (Wildman–Crippen LogP) is 3.57. The van der Waals surface area contributed by atoms with Crippen LogP contribution in [0.1, 0.15) is 44.3 Å². The first-order valence-corrected chi connectivity index (χ1v) is 8.91. The van der Waals surface area contributed by atoms with E-state index in [9.17, 15) is 5.11 Å². The number of benzene rings is 1. The molecule has 2 aliphatic rings. The molecule has 0 amide bonds. The normalized spacial score (nSPS) is 25.3. The van der Waals surface area contributed by atoms with Crippen molar-refractivity contribution in [1.29, 1.82) is 0 Å². The summed E-state index contributed by atoms with van der Waals surface area (Å²) in [6, 6.07) is 6.95. The third-order valence-corrected chi connectivity index (χ3v) is 5.50. The molecule has 3 nitrogen and oxygen atoms in total. The molecular weight excluding hydrogens is 328 g/mol. The van der Waals surface area contributed by atoms with E-state index >= 15 is 0 Å². The first-order chi connectivity index (χ1) is 10.1. The van der Waals surface area contributed by atoms with Crippen LogP contribution in [0.5, 0.6) is 0 Å². The number of rotatable bonds is 3. The van der Waals surface area contributed by atoms with Gasteiger partial charge < -0.3 is 10.0 Å². The number of likely N-dealkylation sites (tertiary alicyclic amines) is 1. The van der Waals surface area contributed by atoms with Crippen LogP contribution >= 0.6 is 15.9 Å². The van der Waals surface area contributed by atoms with E-state index in [0.717, 1.165) is 23.1 Å². The van der Waals surface area contributed by atoms with E-state index in [1.54, 1.807) is 0 Å². The Kier molecular flexibility index (Phi) is 4.87. The highest BCUT2D eigenvalue weighted by Crippen LogP contribution is 2.32. The van der Waals surface area contributed by atoms with Crippen molar-refractivity contribution < 1.29 is 5.11 Å². The number of nitrogens with zero attached hydrogens (tertiary/aromatic N) is 2. The zero-order valence-electron chi connectivity index (χ0n) is 12.8. The van der Waals surface area contributed by atoms with E-state index in [1.165, 1.54) is 44.5 Å². The van der Waals surface area contributed by atoms with Crippen LogP contribution in [0, 0.1) is 0 Å². The van der Waals surface area contributed by atoms with Crippen LogP contribution in [0.15, 0.2) is 22.7 Å². The molecule has 0 aromatic heterocycles. The lowest BCUT2D eigenvalue weighted by molar-refractivity contribution is 0.175. The minimum Gasteiger partial charge on any atom is -0.389 e. The van der Waals surface area contributed by atoms with Crippen molar-refractivity contribution in [3.05, 3.63) is 28.2 Å². The predicted molar refractivity (Wildman–Crippen MR) is 90.8 cm³/mol. The second-order valence-electron chi connectivity index (χ2n) is 6.37. The second-order valence-corrected chi connectivity index (χ2v) is 7.23. The van der Waals surface area contributed by atoms with Crippen LogP contribution in [0.4, 0.5) is 5.69 Å². The summed E-state index contributed by atoms with van der Waals surface area (Å²) >= 11 is 3.68. The van der Waals surface area contributed by atoms with Gasteiger partial charge in [0.05, 0.1) is 11.8 Å². The lowest BCUT2D eigenvalue weighted by atomic mass is 10.1. The summed E-state index contributed by atoms with van der Waals surface area (Å²) in [5, 5.41) is 9.68. The maximum absolute atomic E-state index is 9.68. The van der Waals surface area contributed by atoms with Gasteiger partial charge in [-0.3, -0.25) is 4.90 Å². The maximum Gasteiger partial charge on any atom is 0.0762 e. The van der Waals surface area contributed by atoms with Crippen molar-refractivity contribution in [3.8, 4) is 0 Å². The number of hydrogen-bond donors (Lipinski definition) is 1. The molecule has 0 radical (unpaired) electrons. The van der Waals surface area contributed by atoms with E-state index in [4.69, 9.17) is 0 Å². The second kappa shape index (κ2) is 6.67. The minimum atomic E-state index is -0.407. The summed E-state index contributed by atoms with van der Waals surface area (Å²) in [7, 11) is 0. The lowest BCUT2D eigenvalue weighted by Crippen LogP contribution is -2.40. The molecule has 4 heteroatoms. The maximum atomic E-state index is 9.68. The molecule has 2 saturated heterocycles. The molecule has 2 atom stereocenters. The number of hydrogen-bond acceptors (Lipinski definition) is 3. The molecule has 0 aliphatic carbocycles. The first-order valence-electron chi connectivity index (χ1n) is 8.11. The van der Waals surface area contributed by atoms with E-state index < -0.39 is 6.10 Å². The molecular formula is C17H25BrN2O. The van der Waals surface area contributed by atoms with Gasteiger partial charge in [-0.1, -0.05) is 12.5 Å². The summed E-state index contributed by atoms with van der Waals surface area (Å²) in [6.45, 7) is 6.63. The minimum absolute atomic E-state index is 0.407. The molecule has 2 heterocycles. The number of piperidine rings is 1. The molecule has 0 bridgehead atoms. The van der Waals surface area contributed by atoms with Crippen molar-refractivity contribution in [1.82, 2.24) is 4.90 Å². The van der Waals surface area contributed by atoms with Gasteiger partial charge in [0.25, 0.3) is 0 Å². The highest BCUT2D eigenvalue weighted by atomic mass is 79.9. The van der Waals surface area contributed by atoms with E-state index in [1.807, 2.05) is 19.1 Å². The Morgan fingerprint density at radius 3 is 2.62 bits per heavy atom. The third-order valence-electron chi connectivity index (χ3n) is 4.87. The molecule has 1 N–H and O–H groups in total. The summed E-state index contributed by atoms with van der Waals surface area (Å²) in [5.74, 6) is 0. The van der Waals surface area contributed by atoms with Crippen molar-refractivity contribution in [2.24, 2.45) is 0 Å². The molecule has 2 fully saturated rings. The number of halogens is 1. The average Bonchev–Trinajstić information content (AvgIpc) is 2.97. The Morgan fingerprint density at radius 1 is 1.19 bits per heavy atom.